The van der Waals surface area contributed by atoms with E-state index in [4.69, 9.17) is 5.73 Å². The van der Waals surface area contributed by atoms with Gasteiger partial charge in [-0.15, -0.1) is 0 Å². The van der Waals surface area contributed by atoms with Crippen LogP contribution >= 0.6 is 0 Å². The molecule has 0 amide bonds. The maximum Gasteiger partial charge on any atom is 0.343 e. The lowest BCUT2D eigenvalue weighted by Gasteiger charge is -2.17. The highest BCUT2D eigenvalue weighted by molar-refractivity contribution is 5.00. The molecule has 0 aliphatic rings. The number of aromatic nitrogens is 3. The second-order valence-corrected chi connectivity index (χ2v) is 4.08. The predicted molar refractivity (Wildman–Crippen MR) is 55.0 cm³/mol. The van der Waals surface area contributed by atoms with Crippen molar-refractivity contribution >= 4 is 0 Å². The van der Waals surface area contributed by atoms with Crippen molar-refractivity contribution in [1.29, 1.82) is 0 Å². The molecule has 0 spiro atoms. The Morgan fingerprint density at radius 2 is 2.21 bits per heavy atom. The Morgan fingerprint density at radius 1 is 1.57 bits per heavy atom. The molecule has 3 N–H and O–H groups in total. The van der Waals surface area contributed by atoms with Crippen molar-refractivity contribution in [2.75, 3.05) is 0 Å². The van der Waals surface area contributed by atoms with Crippen molar-refractivity contribution in [2.45, 2.75) is 45.7 Å². The van der Waals surface area contributed by atoms with E-state index in [9.17, 15) is 4.79 Å². The average Bonchev–Trinajstić information content (AvgIpc) is 2.42. The summed E-state index contributed by atoms with van der Waals surface area (Å²) in [6.07, 6.45) is 2.00. The van der Waals surface area contributed by atoms with Crippen LogP contribution in [0.4, 0.5) is 0 Å². The van der Waals surface area contributed by atoms with Gasteiger partial charge in [0.25, 0.3) is 0 Å². The molecular formula is C9H18N4O. The minimum atomic E-state index is -0.576. The van der Waals surface area contributed by atoms with Crippen molar-refractivity contribution < 1.29 is 0 Å². The van der Waals surface area contributed by atoms with E-state index in [1.807, 2.05) is 13.8 Å². The van der Waals surface area contributed by atoms with Gasteiger partial charge in [0.05, 0.1) is 5.54 Å². The Bertz CT molecular complexity index is 344. The number of hydrogen-bond acceptors (Lipinski definition) is 3. The van der Waals surface area contributed by atoms with Gasteiger partial charge in [-0.05, 0) is 20.3 Å². The van der Waals surface area contributed by atoms with E-state index in [2.05, 4.69) is 17.1 Å². The van der Waals surface area contributed by atoms with E-state index in [0.29, 0.717) is 12.4 Å². The van der Waals surface area contributed by atoms with Crippen LogP contribution in [0.15, 0.2) is 4.79 Å². The van der Waals surface area contributed by atoms with Gasteiger partial charge in [-0.3, -0.25) is 4.57 Å². The largest absolute Gasteiger partial charge is 0.343 e. The normalized spacial score (nSPS) is 12.0. The second kappa shape index (κ2) is 3.96. The van der Waals surface area contributed by atoms with Crippen LogP contribution in [0.3, 0.4) is 0 Å². The van der Waals surface area contributed by atoms with Crippen LogP contribution in [-0.4, -0.2) is 14.8 Å². The lowest BCUT2D eigenvalue weighted by Crippen LogP contribution is -2.34. The van der Waals surface area contributed by atoms with Crippen molar-refractivity contribution in [1.82, 2.24) is 14.8 Å². The molecule has 0 saturated heterocycles. The van der Waals surface area contributed by atoms with Gasteiger partial charge >= 0.3 is 5.69 Å². The molecule has 0 aliphatic heterocycles. The first-order chi connectivity index (χ1) is 6.46. The predicted octanol–water partition coefficient (Wildman–Crippen LogP) is 0.565. The van der Waals surface area contributed by atoms with E-state index in [0.717, 1.165) is 12.8 Å². The summed E-state index contributed by atoms with van der Waals surface area (Å²) in [5.74, 6) is 0.621. The third-order valence-electron chi connectivity index (χ3n) is 2.07. The van der Waals surface area contributed by atoms with Gasteiger partial charge in [-0.2, -0.15) is 5.10 Å². The van der Waals surface area contributed by atoms with E-state index in [-0.39, 0.29) is 5.69 Å². The molecule has 1 aromatic rings. The highest BCUT2D eigenvalue weighted by Crippen LogP contribution is 2.12. The Labute approximate surface area is 83.3 Å². The molecule has 0 saturated carbocycles. The number of nitrogens with zero attached hydrogens (tertiary/aromatic N) is 2. The number of nitrogens with two attached hydrogens (primary N) is 1. The summed E-state index contributed by atoms with van der Waals surface area (Å²) in [7, 11) is 0. The van der Waals surface area contributed by atoms with Gasteiger partial charge in [-0.1, -0.05) is 13.3 Å². The highest BCUT2D eigenvalue weighted by Gasteiger charge is 2.22. The van der Waals surface area contributed by atoms with Crippen LogP contribution in [0.1, 0.15) is 39.4 Å². The van der Waals surface area contributed by atoms with Gasteiger partial charge in [0.2, 0.25) is 0 Å². The van der Waals surface area contributed by atoms with E-state index in [1.54, 1.807) is 4.57 Å². The van der Waals surface area contributed by atoms with Crippen LogP contribution < -0.4 is 11.4 Å². The number of unbranched alkanes of at least 4 members (excludes halogenated alkanes) is 1. The Kier molecular flexibility index (Phi) is 3.10. The Balaban J connectivity index is 3.01. The summed E-state index contributed by atoms with van der Waals surface area (Å²) in [4.78, 5) is 11.4. The Morgan fingerprint density at radius 3 is 2.71 bits per heavy atom. The fourth-order valence-corrected chi connectivity index (χ4v) is 1.33. The first-order valence-electron chi connectivity index (χ1n) is 4.91. The number of aromatic amines is 1. The van der Waals surface area contributed by atoms with Gasteiger partial charge in [0, 0.05) is 6.54 Å². The minimum Gasteiger partial charge on any atom is -0.319 e. The zero-order valence-corrected chi connectivity index (χ0v) is 9.00. The third-order valence-corrected chi connectivity index (χ3v) is 2.07. The van der Waals surface area contributed by atoms with Gasteiger partial charge < -0.3 is 5.73 Å². The summed E-state index contributed by atoms with van der Waals surface area (Å²) in [5.41, 5.74) is 5.15. The molecule has 1 rings (SSSR count). The van der Waals surface area contributed by atoms with E-state index < -0.39 is 5.54 Å². The van der Waals surface area contributed by atoms with Crippen LogP contribution in [0.5, 0.6) is 0 Å². The maximum atomic E-state index is 11.4. The van der Waals surface area contributed by atoms with Crippen LogP contribution in [0.25, 0.3) is 0 Å². The maximum absolute atomic E-state index is 11.4. The second-order valence-electron chi connectivity index (χ2n) is 4.08. The van der Waals surface area contributed by atoms with Crippen LogP contribution in [-0.2, 0) is 12.1 Å². The third kappa shape index (κ3) is 2.23. The lowest BCUT2D eigenvalue weighted by atomic mass is 10.1. The summed E-state index contributed by atoms with van der Waals surface area (Å²) >= 11 is 0. The standard InChI is InChI=1S/C9H18N4O/c1-4-5-6-13-7(9(2,3)10)11-12-8(13)14/h4-6,10H2,1-3H3,(H,12,14). The van der Waals surface area contributed by atoms with Crippen molar-refractivity contribution in [3.05, 3.63) is 16.3 Å². The summed E-state index contributed by atoms with van der Waals surface area (Å²) in [6, 6.07) is 0. The first kappa shape index (κ1) is 11.0. The van der Waals surface area contributed by atoms with Crippen molar-refractivity contribution in [3.63, 3.8) is 0 Å². The molecule has 0 fully saturated rings. The molecule has 0 bridgehead atoms. The Hall–Kier alpha value is -1.10. The molecule has 80 valence electrons. The SMILES string of the molecule is CCCCn1c(C(C)(C)N)n[nH]c1=O. The minimum absolute atomic E-state index is 0.174. The van der Waals surface area contributed by atoms with Crippen LogP contribution in [0.2, 0.25) is 0 Å². The summed E-state index contributed by atoms with van der Waals surface area (Å²) < 4.78 is 1.61. The zero-order chi connectivity index (χ0) is 10.8. The highest BCUT2D eigenvalue weighted by atomic mass is 16.1. The molecule has 5 heteroatoms. The zero-order valence-electron chi connectivity index (χ0n) is 9.00. The summed E-state index contributed by atoms with van der Waals surface area (Å²) in [5, 5.41) is 6.37. The molecule has 14 heavy (non-hydrogen) atoms. The number of nitrogens with one attached hydrogen (secondary N) is 1. The van der Waals surface area contributed by atoms with Crippen LogP contribution in [0, 0.1) is 0 Å². The van der Waals surface area contributed by atoms with E-state index >= 15 is 0 Å². The lowest BCUT2D eigenvalue weighted by molar-refractivity contribution is 0.462. The first-order valence-corrected chi connectivity index (χ1v) is 4.91. The molecule has 0 atom stereocenters. The molecule has 5 nitrogen and oxygen atoms in total. The molecule has 0 unspecified atom stereocenters. The van der Waals surface area contributed by atoms with Gasteiger partial charge in [-0.25, -0.2) is 9.89 Å². The van der Waals surface area contributed by atoms with Crippen molar-refractivity contribution in [3.8, 4) is 0 Å². The van der Waals surface area contributed by atoms with E-state index in [1.165, 1.54) is 0 Å². The van der Waals surface area contributed by atoms with Crippen molar-refractivity contribution in [2.24, 2.45) is 5.73 Å². The summed E-state index contributed by atoms with van der Waals surface area (Å²) in [6.45, 7) is 6.44. The number of rotatable bonds is 4. The fraction of sp³-hybridized carbons (Fsp3) is 0.778. The van der Waals surface area contributed by atoms with Gasteiger partial charge in [0.1, 0.15) is 0 Å². The molecule has 1 aromatic heterocycles. The molecule has 0 radical (unpaired) electrons. The molecule has 1 heterocycles. The number of hydrogen-bond donors (Lipinski definition) is 2. The molecular weight excluding hydrogens is 180 g/mol. The smallest absolute Gasteiger partial charge is 0.319 e. The quantitative estimate of drug-likeness (QED) is 0.742. The topological polar surface area (TPSA) is 76.7 Å². The fourth-order valence-electron chi connectivity index (χ4n) is 1.33. The average molecular weight is 198 g/mol. The molecule has 0 aromatic carbocycles. The number of H-pyrrole nitrogens is 1. The molecule has 0 aliphatic carbocycles. The van der Waals surface area contributed by atoms with Gasteiger partial charge in [0.15, 0.2) is 5.82 Å². The monoisotopic (exact) mass is 198 g/mol.